The quantitative estimate of drug-likeness (QED) is 0.144. The van der Waals surface area contributed by atoms with Crippen molar-refractivity contribution in [3.8, 4) is 0 Å². The maximum Gasteiger partial charge on any atom is 0.328 e. The number of rotatable bonds is 16. The van der Waals surface area contributed by atoms with E-state index in [-0.39, 0.29) is 11.8 Å². The van der Waals surface area contributed by atoms with Gasteiger partial charge >= 0.3 is 5.97 Å². The Labute approximate surface area is 190 Å². The summed E-state index contributed by atoms with van der Waals surface area (Å²) in [5.74, 6) is -3.53. The van der Waals surface area contributed by atoms with Gasteiger partial charge < -0.3 is 37.6 Å². The molecule has 9 N–H and O–H groups in total. The molecule has 0 saturated carbocycles. The number of carbonyl (C=O) groups is 4. The van der Waals surface area contributed by atoms with Crippen LogP contribution in [0.2, 0.25) is 0 Å². The number of amides is 3. The van der Waals surface area contributed by atoms with Gasteiger partial charge in [-0.3, -0.25) is 14.4 Å². The highest BCUT2D eigenvalue weighted by Crippen LogP contribution is 2.11. The van der Waals surface area contributed by atoms with E-state index in [1.165, 1.54) is 0 Å². The Morgan fingerprint density at radius 2 is 1.41 bits per heavy atom. The minimum Gasteiger partial charge on any atom is -0.480 e. The van der Waals surface area contributed by atoms with Crippen molar-refractivity contribution in [2.24, 2.45) is 23.3 Å². The minimum atomic E-state index is -1.49. The zero-order chi connectivity index (χ0) is 24.8. The van der Waals surface area contributed by atoms with Crippen LogP contribution < -0.4 is 27.4 Å². The summed E-state index contributed by atoms with van der Waals surface area (Å²) in [5.41, 5.74) is 11.5. The predicted molar refractivity (Wildman–Crippen MR) is 120 cm³/mol. The highest BCUT2D eigenvalue weighted by Gasteiger charge is 2.32. The number of nitrogens with two attached hydrogens (primary N) is 2. The molecule has 0 spiro atoms. The molecule has 0 aliphatic carbocycles. The fourth-order valence-corrected chi connectivity index (χ4v) is 2.94. The second-order valence-corrected chi connectivity index (χ2v) is 8.21. The number of aliphatic carboxylic acids is 1. The maximum absolute atomic E-state index is 13.0. The number of carboxylic acids is 1. The molecule has 32 heavy (non-hydrogen) atoms. The van der Waals surface area contributed by atoms with Gasteiger partial charge in [-0.15, -0.1) is 0 Å². The van der Waals surface area contributed by atoms with Crippen molar-refractivity contribution in [2.75, 3.05) is 13.2 Å². The van der Waals surface area contributed by atoms with E-state index in [9.17, 15) is 24.3 Å². The van der Waals surface area contributed by atoms with Gasteiger partial charge in [0.2, 0.25) is 17.7 Å². The highest BCUT2D eigenvalue weighted by molar-refractivity contribution is 5.94. The van der Waals surface area contributed by atoms with Gasteiger partial charge in [0.05, 0.1) is 12.6 Å². The number of unbranched alkanes of at least 4 members (excludes halogenated alkanes) is 1. The number of carbonyl (C=O) groups excluding carboxylic acids is 3. The molecular weight excluding hydrogens is 418 g/mol. The molecule has 0 aromatic carbocycles. The summed E-state index contributed by atoms with van der Waals surface area (Å²) >= 11 is 0. The topological polar surface area (TPSA) is 197 Å². The lowest BCUT2D eigenvalue weighted by Crippen LogP contribution is -2.59. The monoisotopic (exact) mass is 459 g/mol. The molecule has 6 unspecified atom stereocenters. The number of hydrogen-bond acceptors (Lipinski definition) is 7. The van der Waals surface area contributed by atoms with E-state index in [1.54, 1.807) is 6.92 Å². The van der Waals surface area contributed by atoms with Crippen molar-refractivity contribution in [2.45, 2.75) is 84.0 Å². The molecule has 11 heteroatoms. The van der Waals surface area contributed by atoms with Crippen LogP contribution in [-0.4, -0.2) is 71.2 Å². The summed E-state index contributed by atoms with van der Waals surface area (Å²) in [6.45, 7) is 6.97. The van der Waals surface area contributed by atoms with Crippen molar-refractivity contribution in [3.63, 3.8) is 0 Å². The van der Waals surface area contributed by atoms with Crippen molar-refractivity contribution >= 4 is 23.7 Å². The van der Waals surface area contributed by atoms with Crippen LogP contribution in [0.1, 0.15) is 59.8 Å². The molecule has 6 atom stereocenters. The first-order valence-electron chi connectivity index (χ1n) is 11.2. The van der Waals surface area contributed by atoms with E-state index in [0.717, 1.165) is 0 Å². The first-order chi connectivity index (χ1) is 15.0. The lowest BCUT2D eigenvalue weighted by Gasteiger charge is -2.28. The molecule has 0 aliphatic rings. The van der Waals surface area contributed by atoms with Crippen LogP contribution in [0.5, 0.6) is 0 Å². The fraction of sp³-hybridized carbons (Fsp3) is 0.810. The van der Waals surface area contributed by atoms with Crippen LogP contribution in [0.15, 0.2) is 0 Å². The molecule has 0 bridgehead atoms. The number of nitrogens with one attached hydrogen (secondary N) is 3. The lowest BCUT2D eigenvalue weighted by atomic mass is 9.96. The number of aliphatic hydroxyl groups excluding tert-OH is 1. The Balaban J connectivity index is 5.50. The lowest BCUT2D eigenvalue weighted by molar-refractivity contribution is -0.143. The Bertz CT molecular complexity index is 617. The summed E-state index contributed by atoms with van der Waals surface area (Å²) in [4.78, 5) is 49.4. The SMILES string of the molecule is CCC(C)C(N)C(=O)NC(CCCCN)C(=O)NC(C(=O)NC(CO)C(=O)O)C(C)CC. The number of hydrogen-bond donors (Lipinski definition) is 7. The van der Waals surface area contributed by atoms with Gasteiger partial charge in [-0.25, -0.2) is 4.79 Å². The standard InChI is InChI=1S/C21H41N5O6/c1-5-12(3)16(23)19(29)24-14(9-7-8-10-22)18(28)26-17(13(4)6-2)20(30)25-15(11-27)21(31)32/h12-17,27H,5-11,22-23H2,1-4H3,(H,24,29)(H,25,30)(H,26,28)(H,31,32). The average Bonchev–Trinajstić information content (AvgIpc) is 2.77. The largest absolute Gasteiger partial charge is 0.480 e. The smallest absolute Gasteiger partial charge is 0.328 e. The van der Waals surface area contributed by atoms with Crippen molar-refractivity contribution in [1.82, 2.24) is 16.0 Å². The van der Waals surface area contributed by atoms with E-state index >= 15 is 0 Å². The van der Waals surface area contributed by atoms with Gasteiger partial charge in [-0.1, -0.05) is 40.5 Å². The van der Waals surface area contributed by atoms with Crippen molar-refractivity contribution < 1.29 is 29.4 Å². The van der Waals surface area contributed by atoms with E-state index in [2.05, 4.69) is 16.0 Å². The summed E-state index contributed by atoms with van der Waals surface area (Å²) in [6, 6.07) is -4.23. The molecule has 3 amide bonds. The number of carboxylic acid groups (broad SMARTS) is 1. The molecule has 0 aromatic rings. The first kappa shape index (κ1) is 29.8. The summed E-state index contributed by atoms with van der Waals surface area (Å²) in [7, 11) is 0. The van der Waals surface area contributed by atoms with Gasteiger partial charge in [-0.05, 0) is 37.6 Å². The fourth-order valence-electron chi connectivity index (χ4n) is 2.94. The van der Waals surface area contributed by atoms with Crippen LogP contribution in [0.25, 0.3) is 0 Å². The van der Waals surface area contributed by atoms with Crippen molar-refractivity contribution in [1.29, 1.82) is 0 Å². The average molecular weight is 460 g/mol. The van der Waals surface area contributed by atoms with Crippen LogP contribution in [0, 0.1) is 11.8 Å². The van der Waals surface area contributed by atoms with Gasteiger partial charge in [0.1, 0.15) is 18.1 Å². The first-order valence-corrected chi connectivity index (χ1v) is 11.2. The molecule has 0 aliphatic heterocycles. The predicted octanol–water partition coefficient (Wildman–Crippen LogP) is -0.934. The second kappa shape index (κ2) is 15.5. The zero-order valence-electron chi connectivity index (χ0n) is 19.6. The van der Waals surface area contributed by atoms with Crippen LogP contribution in [0.4, 0.5) is 0 Å². The van der Waals surface area contributed by atoms with Gasteiger partial charge in [0.25, 0.3) is 0 Å². The second-order valence-electron chi connectivity index (χ2n) is 8.21. The van der Waals surface area contributed by atoms with Gasteiger partial charge in [0, 0.05) is 0 Å². The molecule has 0 saturated heterocycles. The van der Waals surface area contributed by atoms with E-state index < -0.39 is 54.5 Å². The third-order valence-corrected chi connectivity index (χ3v) is 5.73. The maximum atomic E-state index is 13.0. The van der Waals surface area contributed by atoms with E-state index in [0.29, 0.717) is 38.6 Å². The van der Waals surface area contributed by atoms with Crippen molar-refractivity contribution in [3.05, 3.63) is 0 Å². The molecule has 0 heterocycles. The molecule has 0 fully saturated rings. The molecule has 0 aromatic heterocycles. The van der Waals surface area contributed by atoms with E-state index in [1.807, 2.05) is 20.8 Å². The summed E-state index contributed by atoms with van der Waals surface area (Å²) in [6.07, 6.45) is 2.77. The Morgan fingerprint density at radius 1 is 0.844 bits per heavy atom. The van der Waals surface area contributed by atoms with Crippen LogP contribution >= 0.6 is 0 Å². The summed E-state index contributed by atoms with van der Waals surface area (Å²) in [5, 5.41) is 25.8. The highest BCUT2D eigenvalue weighted by atomic mass is 16.4. The van der Waals surface area contributed by atoms with Gasteiger partial charge in [0.15, 0.2) is 0 Å². The van der Waals surface area contributed by atoms with Crippen LogP contribution in [-0.2, 0) is 19.2 Å². The molecular formula is C21H41N5O6. The Hall–Kier alpha value is -2.24. The minimum absolute atomic E-state index is 0.0761. The molecule has 186 valence electrons. The number of aliphatic hydroxyl groups is 1. The Morgan fingerprint density at radius 3 is 1.88 bits per heavy atom. The van der Waals surface area contributed by atoms with E-state index in [4.69, 9.17) is 16.6 Å². The third-order valence-electron chi connectivity index (χ3n) is 5.73. The normalized spacial score (nSPS) is 16.7. The van der Waals surface area contributed by atoms with Crippen LogP contribution in [0.3, 0.4) is 0 Å². The third kappa shape index (κ3) is 9.92. The summed E-state index contributed by atoms with van der Waals surface area (Å²) < 4.78 is 0. The molecule has 0 rings (SSSR count). The molecule has 11 nitrogen and oxygen atoms in total. The zero-order valence-corrected chi connectivity index (χ0v) is 19.6. The van der Waals surface area contributed by atoms with Gasteiger partial charge in [-0.2, -0.15) is 0 Å². The molecule has 0 radical (unpaired) electrons. The Kier molecular flexibility index (Phi) is 14.5.